The fourth-order valence-electron chi connectivity index (χ4n) is 1.11. The van der Waals surface area contributed by atoms with Gasteiger partial charge in [-0.3, -0.25) is 4.79 Å². The number of ketones is 1. The van der Waals surface area contributed by atoms with Crippen LogP contribution in [-0.4, -0.2) is 29.7 Å². The van der Waals surface area contributed by atoms with Crippen molar-refractivity contribution < 1.29 is 19.7 Å². The summed E-state index contributed by atoms with van der Waals surface area (Å²) in [5.41, 5.74) is 0.373. The van der Waals surface area contributed by atoms with E-state index in [0.717, 1.165) is 0 Å². The molecule has 0 heterocycles. The number of methoxy groups -OCH3 is 1. The van der Waals surface area contributed by atoms with Crippen LogP contribution in [-0.2, 0) is 0 Å². The van der Waals surface area contributed by atoms with Crippen molar-refractivity contribution in [2.24, 2.45) is 0 Å². The van der Waals surface area contributed by atoms with Crippen LogP contribution >= 0.6 is 0 Å². The number of aromatic hydroxyl groups is 1. The Balaban J connectivity index is 2.91. The minimum absolute atomic E-state index is 0.0613. The van der Waals surface area contributed by atoms with Gasteiger partial charge in [0.2, 0.25) is 0 Å². The van der Waals surface area contributed by atoms with Gasteiger partial charge in [0.1, 0.15) is 0 Å². The molecule has 0 unspecified atom stereocenters. The van der Waals surface area contributed by atoms with E-state index in [4.69, 9.17) is 9.84 Å². The first-order valence-electron chi connectivity index (χ1n) is 4.20. The Hall–Kier alpha value is -1.55. The lowest BCUT2D eigenvalue weighted by Gasteiger charge is -2.04. The molecule has 2 N–H and O–H groups in total. The fraction of sp³-hybridized carbons (Fsp3) is 0.300. The lowest BCUT2D eigenvalue weighted by atomic mass is 10.1. The third kappa shape index (κ3) is 2.23. The van der Waals surface area contributed by atoms with E-state index in [1.165, 1.54) is 19.2 Å². The maximum atomic E-state index is 11.3. The maximum absolute atomic E-state index is 11.3. The van der Waals surface area contributed by atoms with Crippen molar-refractivity contribution in [2.45, 2.75) is 6.42 Å². The zero-order valence-electron chi connectivity index (χ0n) is 7.86. The molecule has 0 aliphatic carbocycles. The van der Waals surface area contributed by atoms with Crippen LogP contribution in [0.25, 0.3) is 0 Å². The van der Waals surface area contributed by atoms with Gasteiger partial charge in [0, 0.05) is 12.0 Å². The molecule has 0 spiro atoms. The van der Waals surface area contributed by atoms with E-state index >= 15 is 0 Å². The normalized spacial score (nSPS) is 9.86. The molecule has 0 saturated carbocycles. The zero-order chi connectivity index (χ0) is 10.6. The van der Waals surface area contributed by atoms with E-state index in [1.807, 2.05) is 0 Å². The Morgan fingerprint density at radius 2 is 2.21 bits per heavy atom. The van der Waals surface area contributed by atoms with Crippen molar-refractivity contribution >= 4 is 5.78 Å². The first kappa shape index (κ1) is 10.5. The summed E-state index contributed by atoms with van der Waals surface area (Å²) in [4.78, 5) is 11.3. The van der Waals surface area contributed by atoms with Gasteiger partial charge in [-0.15, -0.1) is 0 Å². The molecule has 0 aliphatic rings. The summed E-state index contributed by atoms with van der Waals surface area (Å²) in [7, 11) is 1.43. The standard InChI is InChI=1S/C10H12O4/c1-14-10-3-2-7(6-9(10)13)8(12)4-5-11/h2-3,6,11,13H,4-5H2,1H3. The number of benzene rings is 1. The smallest absolute Gasteiger partial charge is 0.165 e. The van der Waals surface area contributed by atoms with Gasteiger partial charge in [0.05, 0.1) is 13.7 Å². The van der Waals surface area contributed by atoms with E-state index in [1.54, 1.807) is 6.07 Å². The SMILES string of the molecule is COc1ccc(C(=O)CCO)cc1O. The van der Waals surface area contributed by atoms with Gasteiger partial charge in [0.15, 0.2) is 17.3 Å². The molecule has 1 aromatic carbocycles. The first-order chi connectivity index (χ1) is 6.69. The molecule has 0 atom stereocenters. The maximum Gasteiger partial charge on any atom is 0.165 e. The molecule has 0 radical (unpaired) electrons. The van der Waals surface area contributed by atoms with Crippen LogP contribution in [0.15, 0.2) is 18.2 Å². The molecule has 0 amide bonds. The van der Waals surface area contributed by atoms with Crippen LogP contribution in [0, 0.1) is 0 Å². The number of carbonyl (C=O) groups excluding carboxylic acids is 1. The highest BCUT2D eigenvalue weighted by molar-refractivity contribution is 5.96. The summed E-state index contributed by atoms with van der Waals surface area (Å²) in [6.07, 6.45) is 0.0613. The predicted octanol–water partition coefficient (Wildman–Crippen LogP) is 0.966. The van der Waals surface area contributed by atoms with Crippen LogP contribution in [0.4, 0.5) is 0 Å². The van der Waals surface area contributed by atoms with Crippen LogP contribution < -0.4 is 4.74 Å². The summed E-state index contributed by atoms with van der Waals surface area (Å²) >= 11 is 0. The monoisotopic (exact) mass is 196 g/mol. The third-order valence-corrected chi connectivity index (χ3v) is 1.84. The van der Waals surface area contributed by atoms with Gasteiger partial charge in [-0.2, -0.15) is 0 Å². The summed E-state index contributed by atoms with van der Waals surface area (Å²) in [5, 5.41) is 17.9. The third-order valence-electron chi connectivity index (χ3n) is 1.84. The second-order valence-electron chi connectivity index (χ2n) is 2.78. The van der Waals surface area contributed by atoms with Crippen LogP contribution in [0.2, 0.25) is 0 Å². The van der Waals surface area contributed by atoms with E-state index in [0.29, 0.717) is 11.3 Å². The minimum Gasteiger partial charge on any atom is -0.504 e. The summed E-state index contributed by atoms with van der Waals surface area (Å²) in [6, 6.07) is 4.40. The predicted molar refractivity (Wildman–Crippen MR) is 50.7 cm³/mol. The van der Waals surface area contributed by atoms with E-state index < -0.39 is 0 Å². The van der Waals surface area contributed by atoms with Gasteiger partial charge in [-0.25, -0.2) is 0 Å². The summed E-state index contributed by atoms with van der Waals surface area (Å²) in [5.74, 6) is 0.0484. The molecular formula is C10H12O4. The molecule has 14 heavy (non-hydrogen) atoms. The van der Waals surface area contributed by atoms with Gasteiger partial charge in [-0.05, 0) is 18.2 Å². The molecule has 0 bridgehead atoms. The van der Waals surface area contributed by atoms with Crippen molar-refractivity contribution in [1.82, 2.24) is 0 Å². The number of carbonyl (C=O) groups is 1. The molecule has 0 fully saturated rings. The lowest BCUT2D eigenvalue weighted by molar-refractivity contribution is 0.0956. The Bertz CT molecular complexity index is 333. The fourth-order valence-corrected chi connectivity index (χ4v) is 1.11. The molecule has 0 aliphatic heterocycles. The van der Waals surface area contributed by atoms with Crippen molar-refractivity contribution in [3.63, 3.8) is 0 Å². The lowest BCUT2D eigenvalue weighted by Crippen LogP contribution is -2.01. The van der Waals surface area contributed by atoms with Crippen molar-refractivity contribution in [2.75, 3.05) is 13.7 Å². The molecule has 1 rings (SSSR count). The Kier molecular flexibility index (Phi) is 3.48. The van der Waals surface area contributed by atoms with Gasteiger partial charge >= 0.3 is 0 Å². The number of hydrogen-bond donors (Lipinski definition) is 2. The molecule has 0 saturated heterocycles. The van der Waals surface area contributed by atoms with E-state index in [2.05, 4.69) is 0 Å². The molecule has 76 valence electrons. The number of aliphatic hydroxyl groups excluding tert-OH is 1. The zero-order valence-corrected chi connectivity index (χ0v) is 7.86. The summed E-state index contributed by atoms with van der Waals surface area (Å²) in [6.45, 7) is -0.189. The number of Topliss-reactive ketones (excluding diaryl/α,β-unsaturated/α-hetero) is 1. The van der Waals surface area contributed by atoms with Gasteiger partial charge in [0.25, 0.3) is 0 Å². The van der Waals surface area contributed by atoms with Gasteiger partial charge < -0.3 is 14.9 Å². The van der Waals surface area contributed by atoms with E-state index in [-0.39, 0.29) is 24.6 Å². The molecule has 1 aromatic rings. The number of phenols is 1. The Morgan fingerprint density at radius 3 is 2.71 bits per heavy atom. The van der Waals surface area contributed by atoms with Crippen LogP contribution in [0.5, 0.6) is 11.5 Å². The topological polar surface area (TPSA) is 66.8 Å². The number of phenolic OH excluding ortho intramolecular Hbond substituents is 1. The van der Waals surface area contributed by atoms with Gasteiger partial charge in [-0.1, -0.05) is 0 Å². The summed E-state index contributed by atoms with van der Waals surface area (Å²) < 4.78 is 4.83. The highest BCUT2D eigenvalue weighted by atomic mass is 16.5. The number of rotatable bonds is 4. The Morgan fingerprint density at radius 1 is 1.50 bits per heavy atom. The Labute approximate surface area is 81.8 Å². The second kappa shape index (κ2) is 4.62. The molecular weight excluding hydrogens is 184 g/mol. The van der Waals surface area contributed by atoms with Crippen molar-refractivity contribution in [3.8, 4) is 11.5 Å². The first-order valence-corrected chi connectivity index (χ1v) is 4.20. The average molecular weight is 196 g/mol. The van der Waals surface area contributed by atoms with Crippen molar-refractivity contribution in [1.29, 1.82) is 0 Å². The largest absolute Gasteiger partial charge is 0.504 e. The van der Waals surface area contributed by atoms with Crippen molar-refractivity contribution in [3.05, 3.63) is 23.8 Å². The molecule has 4 heteroatoms. The number of aliphatic hydroxyl groups is 1. The molecule has 0 aromatic heterocycles. The highest BCUT2D eigenvalue weighted by Crippen LogP contribution is 2.26. The minimum atomic E-state index is -0.203. The van der Waals surface area contributed by atoms with Crippen LogP contribution in [0.1, 0.15) is 16.8 Å². The van der Waals surface area contributed by atoms with E-state index in [9.17, 15) is 9.90 Å². The molecule has 4 nitrogen and oxygen atoms in total. The second-order valence-corrected chi connectivity index (χ2v) is 2.78. The van der Waals surface area contributed by atoms with Crippen LogP contribution in [0.3, 0.4) is 0 Å². The number of ether oxygens (including phenoxy) is 1. The highest BCUT2D eigenvalue weighted by Gasteiger charge is 2.08. The number of hydrogen-bond acceptors (Lipinski definition) is 4. The quantitative estimate of drug-likeness (QED) is 0.704. The average Bonchev–Trinajstić information content (AvgIpc) is 2.18.